The van der Waals surface area contributed by atoms with Gasteiger partial charge in [0.05, 0.1) is 16.7 Å². The number of hydrogen-bond donors (Lipinski definition) is 0. The third kappa shape index (κ3) is 5.42. The molecule has 8 aromatic rings. The SMILES string of the molecule is Cc1ccc(N(c2cccc(C)c2)c2cc3c(c4ccccc24)-c2ccc(-n4c5ccc(SI)cc5c5cc(SI)ccc54)cc2C3(C)C)cc1. The Morgan fingerprint density at radius 2 is 1.22 bits per heavy atom. The lowest BCUT2D eigenvalue weighted by Gasteiger charge is -2.30. The smallest absolute Gasteiger partial charge is 0.0543 e. The second-order valence-corrected chi connectivity index (χ2v) is 18.0. The van der Waals surface area contributed by atoms with Crippen LogP contribution in [0.2, 0.25) is 0 Å². The summed E-state index contributed by atoms with van der Waals surface area (Å²) in [6.07, 6.45) is 0. The van der Waals surface area contributed by atoms with E-state index in [0.717, 1.165) is 5.69 Å². The highest BCUT2D eigenvalue weighted by Crippen LogP contribution is 2.55. The van der Waals surface area contributed by atoms with E-state index in [4.69, 9.17) is 0 Å². The molecule has 0 amide bonds. The summed E-state index contributed by atoms with van der Waals surface area (Å²) in [4.78, 5) is 4.99. The first kappa shape index (κ1) is 33.4. The van der Waals surface area contributed by atoms with Crippen LogP contribution in [0.4, 0.5) is 17.1 Å². The predicted octanol–water partition coefficient (Wildman–Crippen LogP) is 15.2. The summed E-state index contributed by atoms with van der Waals surface area (Å²) in [6, 6.07) is 50.2. The van der Waals surface area contributed by atoms with Gasteiger partial charge < -0.3 is 9.47 Å². The van der Waals surface area contributed by atoms with E-state index >= 15 is 0 Å². The van der Waals surface area contributed by atoms with Crippen LogP contribution in [-0.2, 0) is 5.41 Å². The number of rotatable bonds is 6. The van der Waals surface area contributed by atoms with E-state index in [0.29, 0.717) is 0 Å². The number of aromatic nitrogens is 1. The van der Waals surface area contributed by atoms with Gasteiger partial charge in [0.25, 0.3) is 0 Å². The summed E-state index contributed by atoms with van der Waals surface area (Å²) in [5, 5.41) is 5.13. The van der Waals surface area contributed by atoms with Crippen LogP contribution >= 0.6 is 60.3 Å². The summed E-state index contributed by atoms with van der Waals surface area (Å²) in [5.41, 5.74) is 14.9. The molecular formula is C45H34I2N2S2. The Hall–Kier alpha value is -3.44. The van der Waals surface area contributed by atoms with Crippen molar-refractivity contribution < 1.29 is 0 Å². The molecule has 0 atom stereocenters. The van der Waals surface area contributed by atoms with E-state index in [-0.39, 0.29) is 5.41 Å². The van der Waals surface area contributed by atoms with E-state index in [1.165, 1.54) is 92.8 Å². The number of nitrogens with zero attached hydrogens (tertiary/aromatic N) is 2. The van der Waals surface area contributed by atoms with Gasteiger partial charge in [-0.05, 0) is 126 Å². The molecule has 0 spiro atoms. The van der Waals surface area contributed by atoms with E-state index < -0.39 is 0 Å². The normalized spacial score (nSPS) is 13.2. The maximum atomic E-state index is 2.48. The summed E-state index contributed by atoms with van der Waals surface area (Å²) in [7, 11) is 3.54. The molecular weight excluding hydrogens is 886 g/mol. The topological polar surface area (TPSA) is 8.17 Å². The molecule has 0 saturated heterocycles. The molecule has 0 bridgehead atoms. The summed E-state index contributed by atoms with van der Waals surface area (Å²) in [5.74, 6) is 0. The third-order valence-corrected chi connectivity index (χ3v) is 14.5. The Balaban J connectivity index is 1.28. The fourth-order valence-electron chi connectivity index (χ4n) is 8.12. The number of benzene rings is 7. The average molecular weight is 921 g/mol. The number of aryl methyl sites for hydroxylation is 2. The number of hydrogen-bond acceptors (Lipinski definition) is 3. The Morgan fingerprint density at radius 1 is 0.549 bits per heavy atom. The largest absolute Gasteiger partial charge is 0.310 e. The van der Waals surface area contributed by atoms with Gasteiger partial charge in [-0.2, -0.15) is 0 Å². The Morgan fingerprint density at radius 3 is 1.86 bits per heavy atom. The maximum absolute atomic E-state index is 2.48. The Labute approximate surface area is 331 Å². The predicted molar refractivity (Wildman–Crippen MR) is 240 cm³/mol. The molecule has 1 aliphatic carbocycles. The van der Waals surface area contributed by atoms with Crippen molar-refractivity contribution >= 4 is 110 Å². The van der Waals surface area contributed by atoms with Crippen molar-refractivity contribution in [1.29, 1.82) is 0 Å². The van der Waals surface area contributed by atoms with Gasteiger partial charge >= 0.3 is 0 Å². The molecule has 6 heteroatoms. The first-order chi connectivity index (χ1) is 24.8. The van der Waals surface area contributed by atoms with Gasteiger partial charge in [0, 0.05) is 90.8 Å². The van der Waals surface area contributed by atoms with Crippen molar-refractivity contribution in [3.8, 4) is 16.8 Å². The molecule has 250 valence electrons. The van der Waals surface area contributed by atoms with Crippen molar-refractivity contribution in [2.75, 3.05) is 4.90 Å². The summed E-state index contributed by atoms with van der Waals surface area (Å²) in [6.45, 7) is 9.14. The van der Waals surface area contributed by atoms with Crippen molar-refractivity contribution in [2.45, 2.75) is 42.9 Å². The van der Waals surface area contributed by atoms with Gasteiger partial charge in [-0.15, -0.1) is 0 Å². The fourth-order valence-corrected chi connectivity index (χ4v) is 10.3. The van der Waals surface area contributed by atoms with Crippen LogP contribution in [0.5, 0.6) is 0 Å². The minimum absolute atomic E-state index is 0.222. The van der Waals surface area contributed by atoms with Crippen LogP contribution < -0.4 is 4.90 Å². The molecule has 1 aliphatic rings. The van der Waals surface area contributed by atoms with Crippen LogP contribution in [0.25, 0.3) is 49.4 Å². The maximum Gasteiger partial charge on any atom is 0.0543 e. The molecule has 1 aromatic heterocycles. The van der Waals surface area contributed by atoms with Gasteiger partial charge in [0.1, 0.15) is 0 Å². The van der Waals surface area contributed by atoms with Gasteiger partial charge in [0.2, 0.25) is 0 Å². The van der Waals surface area contributed by atoms with Gasteiger partial charge in [-0.3, -0.25) is 0 Å². The highest BCUT2D eigenvalue weighted by molar-refractivity contribution is 14.2. The van der Waals surface area contributed by atoms with Crippen molar-refractivity contribution in [1.82, 2.24) is 4.57 Å². The fraction of sp³-hybridized carbons (Fsp3) is 0.111. The highest BCUT2D eigenvalue weighted by atomic mass is 127. The lowest BCUT2D eigenvalue weighted by atomic mass is 9.81. The van der Waals surface area contributed by atoms with Gasteiger partial charge in [0.15, 0.2) is 0 Å². The lowest BCUT2D eigenvalue weighted by Crippen LogP contribution is -2.17. The van der Waals surface area contributed by atoms with Crippen LogP contribution in [0.15, 0.2) is 143 Å². The van der Waals surface area contributed by atoms with Crippen molar-refractivity contribution in [3.63, 3.8) is 0 Å². The monoisotopic (exact) mass is 920 g/mol. The molecule has 0 unspecified atom stereocenters. The Bertz CT molecular complexity index is 2610. The molecule has 9 rings (SSSR count). The lowest BCUT2D eigenvalue weighted by molar-refractivity contribution is 0.660. The van der Waals surface area contributed by atoms with E-state index in [1.54, 1.807) is 17.9 Å². The van der Waals surface area contributed by atoms with Crippen LogP contribution in [0.3, 0.4) is 0 Å². The first-order valence-corrected chi connectivity index (χ1v) is 23.8. The van der Waals surface area contributed by atoms with Gasteiger partial charge in [-0.1, -0.05) is 91.9 Å². The highest BCUT2D eigenvalue weighted by Gasteiger charge is 2.38. The summed E-state index contributed by atoms with van der Waals surface area (Å²) < 4.78 is 2.47. The van der Waals surface area contributed by atoms with Crippen LogP contribution in [0.1, 0.15) is 36.1 Å². The third-order valence-electron chi connectivity index (χ3n) is 10.6. The molecule has 0 radical (unpaired) electrons. The number of halogens is 2. The van der Waals surface area contributed by atoms with Crippen LogP contribution in [0, 0.1) is 13.8 Å². The molecule has 0 saturated carbocycles. The molecule has 1 heterocycles. The quantitative estimate of drug-likeness (QED) is 0.154. The zero-order chi connectivity index (χ0) is 35.0. The molecule has 0 fully saturated rings. The number of anilines is 3. The molecule has 0 N–H and O–H groups in total. The zero-order valence-electron chi connectivity index (χ0n) is 28.7. The molecule has 2 nitrogen and oxygen atoms in total. The van der Waals surface area contributed by atoms with E-state index in [1.807, 2.05) is 0 Å². The second-order valence-electron chi connectivity index (χ2n) is 14.1. The molecule has 0 aliphatic heterocycles. The average Bonchev–Trinajstić information content (AvgIpc) is 3.59. The standard InChI is InChI=1S/C45H34I2N2S2/c1-27-12-14-29(15-13-27)48(30-9-7-8-28(2)22-30)43-26-40-44(35-11-6-5-10-34(35)43)36-19-16-31(23-39(36)45(40,3)4)49-41-20-17-32(50-46)24-37(41)38-25-33(51-47)18-21-42(38)49/h5-26H,1-4H3. The van der Waals surface area contributed by atoms with E-state index in [2.05, 4.69) is 213 Å². The van der Waals surface area contributed by atoms with E-state index in [9.17, 15) is 0 Å². The first-order valence-electron chi connectivity index (χ1n) is 17.1. The molecule has 51 heavy (non-hydrogen) atoms. The second kappa shape index (κ2) is 12.9. The van der Waals surface area contributed by atoms with Crippen LogP contribution in [-0.4, -0.2) is 4.57 Å². The number of fused-ring (bicyclic) bond motifs is 8. The minimum Gasteiger partial charge on any atom is -0.310 e. The van der Waals surface area contributed by atoms with Crippen molar-refractivity contribution in [3.05, 3.63) is 156 Å². The zero-order valence-corrected chi connectivity index (χ0v) is 34.6. The molecule has 7 aromatic carbocycles. The minimum atomic E-state index is -0.222. The van der Waals surface area contributed by atoms with Gasteiger partial charge in [-0.25, -0.2) is 0 Å². The van der Waals surface area contributed by atoms with Crippen molar-refractivity contribution in [2.24, 2.45) is 0 Å². The summed E-state index contributed by atoms with van der Waals surface area (Å²) >= 11 is 4.78. The Kier molecular flexibility index (Phi) is 8.45.